The first-order valence-corrected chi connectivity index (χ1v) is 4.75. The van der Waals surface area contributed by atoms with Gasteiger partial charge in [0.15, 0.2) is 0 Å². The summed E-state index contributed by atoms with van der Waals surface area (Å²) in [7, 11) is 0. The van der Waals surface area contributed by atoms with E-state index >= 15 is 0 Å². The third-order valence-corrected chi connectivity index (χ3v) is 1.52. The van der Waals surface area contributed by atoms with Crippen molar-refractivity contribution in [3.05, 3.63) is 0 Å². The van der Waals surface area contributed by atoms with Crippen LogP contribution in [-0.2, 0) is 38.2 Å². The molecule has 0 unspecified atom stereocenters. The summed E-state index contributed by atoms with van der Waals surface area (Å²) in [6.45, 7) is 1.82. The van der Waals surface area contributed by atoms with Crippen LogP contribution in [0.5, 0.6) is 0 Å². The van der Waals surface area contributed by atoms with Gasteiger partial charge in [0.2, 0.25) is 11.6 Å². The Morgan fingerprint density at radius 2 is 0.944 bits per heavy atom. The van der Waals surface area contributed by atoms with Gasteiger partial charge in [0.1, 0.15) is 0 Å². The van der Waals surface area contributed by atoms with Gasteiger partial charge in [-0.15, -0.1) is 0 Å². The zero-order chi connectivity index (χ0) is 14.3. The van der Waals surface area contributed by atoms with Gasteiger partial charge in [0, 0.05) is 13.8 Å². The summed E-state index contributed by atoms with van der Waals surface area (Å²) in [6.07, 6.45) is -1.11. The Hall–Kier alpha value is -2.38. The molecule has 8 nitrogen and oxygen atoms in total. The van der Waals surface area contributed by atoms with Crippen molar-refractivity contribution in [1.29, 1.82) is 0 Å². The number of Topliss-reactive ketones (excluding diaryl/α,β-unsaturated/α-hetero) is 2. The van der Waals surface area contributed by atoms with Gasteiger partial charge in [0.25, 0.3) is 0 Å². The highest BCUT2D eigenvalue weighted by molar-refractivity contribution is 6.34. The smallest absolute Gasteiger partial charge is 0.381 e. The van der Waals surface area contributed by atoms with E-state index in [2.05, 4.69) is 9.47 Å². The van der Waals surface area contributed by atoms with Crippen molar-refractivity contribution in [2.75, 3.05) is 0 Å². The van der Waals surface area contributed by atoms with Gasteiger partial charge in [0.05, 0.1) is 12.8 Å². The third-order valence-electron chi connectivity index (χ3n) is 1.52. The highest BCUT2D eigenvalue weighted by Gasteiger charge is 2.19. The zero-order valence-corrected chi connectivity index (χ0v) is 9.68. The van der Waals surface area contributed by atoms with Crippen molar-refractivity contribution in [1.82, 2.24) is 0 Å². The molecule has 8 heteroatoms. The molecule has 0 fully saturated rings. The van der Waals surface area contributed by atoms with Crippen LogP contribution in [0.15, 0.2) is 0 Å². The fraction of sp³-hybridized carbons (Fsp3) is 0.400. The summed E-state index contributed by atoms with van der Waals surface area (Å²) in [5.41, 5.74) is 0. The van der Waals surface area contributed by atoms with Crippen LogP contribution in [0.3, 0.4) is 0 Å². The first-order chi connectivity index (χ1) is 8.23. The Balaban J connectivity index is 4.03. The fourth-order valence-corrected chi connectivity index (χ4v) is 0.657. The van der Waals surface area contributed by atoms with E-state index in [-0.39, 0.29) is 0 Å². The van der Waals surface area contributed by atoms with E-state index in [9.17, 15) is 28.8 Å². The molecule has 0 atom stereocenters. The second-order valence-electron chi connectivity index (χ2n) is 3.14. The minimum atomic E-state index is -1.34. The van der Waals surface area contributed by atoms with E-state index in [4.69, 9.17) is 0 Å². The number of carbonyl (C=O) groups is 6. The molecule has 0 aromatic carbocycles. The molecule has 0 aliphatic carbocycles. The van der Waals surface area contributed by atoms with Gasteiger partial charge in [-0.05, 0) is 0 Å². The highest BCUT2D eigenvalue weighted by Crippen LogP contribution is 1.97. The molecular weight excluding hydrogens is 248 g/mol. The van der Waals surface area contributed by atoms with Crippen LogP contribution in [0.2, 0.25) is 0 Å². The molecule has 0 spiro atoms. The summed E-state index contributed by atoms with van der Waals surface area (Å²) < 4.78 is 8.06. The molecule has 0 saturated heterocycles. The summed E-state index contributed by atoms with van der Waals surface area (Å²) in [5, 5.41) is 0. The van der Waals surface area contributed by atoms with Gasteiger partial charge in [-0.3, -0.25) is 19.2 Å². The van der Waals surface area contributed by atoms with Crippen LogP contribution in [0.4, 0.5) is 0 Å². The van der Waals surface area contributed by atoms with Crippen molar-refractivity contribution < 1.29 is 38.2 Å². The molecule has 98 valence electrons. The first-order valence-electron chi connectivity index (χ1n) is 4.75. The average Bonchev–Trinajstić information content (AvgIpc) is 2.25. The monoisotopic (exact) mass is 258 g/mol. The standard InChI is InChI=1S/C10H10O8/c1-5(11)9(15)17-7(13)3-4-8(14)18-10(16)6(2)12/h3-4H2,1-2H3. The van der Waals surface area contributed by atoms with Crippen LogP contribution in [0, 0.1) is 0 Å². The lowest BCUT2D eigenvalue weighted by Gasteiger charge is -2.01. The summed E-state index contributed by atoms with van der Waals surface area (Å²) in [5.74, 6) is -6.82. The summed E-state index contributed by atoms with van der Waals surface area (Å²) in [6, 6.07) is 0. The van der Waals surface area contributed by atoms with Crippen LogP contribution < -0.4 is 0 Å². The molecule has 0 bridgehead atoms. The van der Waals surface area contributed by atoms with E-state index < -0.39 is 48.3 Å². The Morgan fingerprint density at radius 1 is 0.667 bits per heavy atom. The Bertz CT molecular complexity index is 380. The number of ketones is 2. The molecule has 0 aliphatic heterocycles. The lowest BCUT2D eigenvalue weighted by Crippen LogP contribution is -2.21. The van der Waals surface area contributed by atoms with Crippen molar-refractivity contribution in [2.45, 2.75) is 26.7 Å². The molecular formula is C10H10O8. The minimum Gasteiger partial charge on any atom is -0.387 e. The zero-order valence-electron chi connectivity index (χ0n) is 9.68. The predicted octanol–water partition coefficient (Wildman–Crippen LogP) is -0.916. The first kappa shape index (κ1) is 15.6. The van der Waals surface area contributed by atoms with Crippen LogP contribution in [0.1, 0.15) is 26.7 Å². The van der Waals surface area contributed by atoms with Crippen LogP contribution in [0.25, 0.3) is 0 Å². The molecule has 0 amide bonds. The van der Waals surface area contributed by atoms with Crippen molar-refractivity contribution in [2.24, 2.45) is 0 Å². The van der Waals surface area contributed by atoms with E-state index in [0.29, 0.717) is 0 Å². The molecule has 18 heavy (non-hydrogen) atoms. The molecule has 0 N–H and O–H groups in total. The highest BCUT2D eigenvalue weighted by atomic mass is 16.6. The maximum Gasteiger partial charge on any atom is 0.381 e. The largest absolute Gasteiger partial charge is 0.387 e. The second-order valence-corrected chi connectivity index (χ2v) is 3.14. The second kappa shape index (κ2) is 7.05. The maximum atomic E-state index is 10.9. The van der Waals surface area contributed by atoms with E-state index in [1.54, 1.807) is 0 Å². The number of hydrogen-bond donors (Lipinski definition) is 0. The lowest BCUT2D eigenvalue weighted by atomic mass is 10.3. The van der Waals surface area contributed by atoms with Crippen LogP contribution in [-0.4, -0.2) is 35.4 Å². The lowest BCUT2D eigenvalue weighted by molar-refractivity contribution is -0.167. The Kier molecular flexibility index (Phi) is 6.11. The number of hydrogen-bond acceptors (Lipinski definition) is 8. The average molecular weight is 258 g/mol. The van der Waals surface area contributed by atoms with Gasteiger partial charge in [-0.1, -0.05) is 0 Å². The number of esters is 4. The molecule has 0 aromatic rings. The van der Waals surface area contributed by atoms with E-state index in [1.165, 1.54) is 0 Å². The summed E-state index contributed by atoms with van der Waals surface area (Å²) >= 11 is 0. The maximum absolute atomic E-state index is 10.9. The number of ether oxygens (including phenoxy) is 2. The molecule has 0 radical (unpaired) electrons. The van der Waals surface area contributed by atoms with Crippen LogP contribution >= 0.6 is 0 Å². The Labute approximate surface area is 101 Å². The van der Waals surface area contributed by atoms with E-state index in [0.717, 1.165) is 13.8 Å². The van der Waals surface area contributed by atoms with Gasteiger partial charge < -0.3 is 9.47 Å². The summed E-state index contributed by atoms with van der Waals surface area (Å²) in [4.78, 5) is 64.0. The molecule has 0 saturated carbocycles. The molecule has 0 aromatic heterocycles. The molecule has 0 aliphatic rings. The topological polar surface area (TPSA) is 121 Å². The minimum absolute atomic E-state index is 0.553. The quantitative estimate of drug-likeness (QED) is 0.352. The van der Waals surface area contributed by atoms with Gasteiger partial charge in [-0.2, -0.15) is 0 Å². The fourth-order valence-electron chi connectivity index (χ4n) is 0.657. The Morgan fingerprint density at radius 3 is 1.17 bits per heavy atom. The third kappa shape index (κ3) is 6.26. The number of rotatable bonds is 5. The molecule has 0 rings (SSSR count). The van der Waals surface area contributed by atoms with E-state index in [1.807, 2.05) is 0 Å². The van der Waals surface area contributed by atoms with Gasteiger partial charge >= 0.3 is 23.9 Å². The molecule has 0 heterocycles. The SMILES string of the molecule is CC(=O)C(=O)OC(=O)CCC(=O)OC(=O)C(C)=O. The number of carbonyl (C=O) groups excluding carboxylic acids is 6. The predicted molar refractivity (Wildman–Crippen MR) is 52.8 cm³/mol. The normalized spacial score (nSPS) is 9.22. The van der Waals surface area contributed by atoms with Crippen molar-refractivity contribution >= 4 is 35.4 Å². The van der Waals surface area contributed by atoms with Crippen molar-refractivity contribution in [3.8, 4) is 0 Å². The van der Waals surface area contributed by atoms with Gasteiger partial charge in [-0.25, -0.2) is 9.59 Å². The van der Waals surface area contributed by atoms with Crippen molar-refractivity contribution in [3.63, 3.8) is 0 Å².